The van der Waals surface area contributed by atoms with Crippen molar-refractivity contribution < 1.29 is 0 Å². The lowest BCUT2D eigenvalue weighted by molar-refractivity contribution is 0.702. The number of fused-ring (bicyclic) bond motifs is 3. The summed E-state index contributed by atoms with van der Waals surface area (Å²) in [7, 11) is 0. The first-order valence-electron chi connectivity index (χ1n) is 8.15. The number of hydrogen-bond donors (Lipinski definition) is 2. The van der Waals surface area contributed by atoms with Gasteiger partial charge in [-0.05, 0) is 29.9 Å². The van der Waals surface area contributed by atoms with Gasteiger partial charge in [0.25, 0.3) is 0 Å². The summed E-state index contributed by atoms with van der Waals surface area (Å²) in [5, 5.41) is 21.7. The number of H-pyrrole nitrogens is 2. The topological polar surface area (TPSA) is 83.1 Å². The fourth-order valence-corrected chi connectivity index (χ4v) is 3.47. The summed E-state index contributed by atoms with van der Waals surface area (Å²) in [5.41, 5.74) is 3.41. The Kier molecular flexibility index (Phi) is 4.50. The molecule has 0 aliphatic heterocycles. The Balaban J connectivity index is 0.000000753. The van der Waals surface area contributed by atoms with Crippen LogP contribution in [0, 0.1) is 11.8 Å². The highest BCUT2D eigenvalue weighted by Gasteiger charge is 2.56. The van der Waals surface area contributed by atoms with Gasteiger partial charge in [-0.3, -0.25) is 5.10 Å². The van der Waals surface area contributed by atoms with Gasteiger partial charge in [-0.1, -0.05) is 50.8 Å². The van der Waals surface area contributed by atoms with Gasteiger partial charge in [-0.15, -0.1) is 10.2 Å². The van der Waals surface area contributed by atoms with Crippen LogP contribution >= 0.6 is 0 Å². The van der Waals surface area contributed by atoms with Gasteiger partial charge in [0, 0.05) is 17.2 Å². The number of rotatable bonds is 5. The average molecular weight is 310 g/mol. The molecule has 0 bridgehead atoms. The van der Waals surface area contributed by atoms with Gasteiger partial charge >= 0.3 is 0 Å². The first kappa shape index (κ1) is 15.4. The van der Waals surface area contributed by atoms with Gasteiger partial charge in [-0.2, -0.15) is 10.3 Å². The molecular formula is C17H22N6. The van der Waals surface area contributed by atoms with Crippen LogP contribution in [0.15, 0.2) is 37.0 Å². The molecule has 2 unspecified atom stereocenters. The van der Waals surface area contributed by atoms with E-state index in [4.69, 9.17) is 0 Å². The van der Waals surface area contributed by atoms with Gasteiger partial charge in [0.1, 0.15) is 5.69 Å². The van der Waals surface area contributed by atoms with Gasteiger partial charge in [0.05, 0.1) is 0 Å². The van der Waals surface area contributed by atoms with Crippen molar-refractivity contribution in [2.45, 2.75) is 32.6 Å². The average Bonchev–Trinajstić information content (AvgIpc) is 3.05. The molecule has 23 heavy (non-hydrogen) atoms. The molecule has 120 valence electrons. The minimum Gasteiger partial charge on any atom is -0.281 e. The molecule has 3 atom stereocenters. The fraction of sp³-hybridized carbons (Fsp3) is 0.412. The van der Waals surface area contributed by atoms with E-state index in [9.17, 15) is 0 Å². The number of allylic oxidation sites excluding steroid dienone is 5. The minimum atomic E-state index is 0.583. The Morgan fingerprint density at radius 3 is 2.83 bits per heavy atom. The Morgan fingerprint density at radius 2 is 2.09 bits per heavy atom. The standard InChI is InChI=1S/C15H16N6.C2H6/c1-2-3-4-5-6-7-9-10-8-11-13(12(9)10)16-17-14(11)15-18-20-21-19-15;1-2/h2-6,9-10,12H,1,7-8H2,(H,16,17)(H,18,19,20,21);1-2H3/b4-3-,6-5+;/t9-,10?,12?;/m0./s1. The Morgan fingerprint density at radius 1 is 1.22 bits per heavy atom. The molecule has 6 heteroatoms. The maximum atomic E-state index is 4.36. The highest BCUT2D eigenvalue weighted by atomic mass is 15.5. The van der Waals surface area contributed by atoms with E-state index in [0.29, 0.717) is 11.7 Å². The third kappa shape index (κ3) is 2.76. The molecule has 2 aliphatic carbocycles. The lowest BCUT2D eigenvalue weighted by atomic mass is 10.0. The molecule has 2 N–H and O–H groups in total. The lowest BCUT2D eigenvalue weighted by Crippen LogP contribution is -1.93. The maximum Gasteiger partial charge on any atom is 0.225 e. The van der Waals surface area contributed by atoms with E-state index in [0.717, 1.165) is 30.4 Å². The van der Waals surface area contributed by atoms with Crippen molar-refractivity contribution in [2.75, 3.05) is 0 Å². The lowest BCUT2D eigenvalue weighted by Gasteiger charge is -2.00. The minimum absolute atomic E-state index is 0.583. The van der Waals surface area contributed by atoms with E-state index in [1.165, 1.54) is 11.3 Å². The van der Waals surface area contributed by atoms with Gasteiger partial charge in [0.15, 0.2) is 0 Å². The maximum absolute atomic E-state index is 4.36. The first-order valence-corrected chi connectivity index (χ1v) is 8.15. The number of nitrogens with zero attached hydrogens (tertiary/aromatic N) is 4. The second-order valence-electron chi connectivity index (χ2n) is 5.54. The van der Waals surface area contributed by atoms with E-state index in [1.54, 1.807) is 6.08 Å². The quantitative estimate of drug-likeness (QED) is 0.831. The van der Waals surface area contributed by atoms with Crippen LogP contribution in [-0.4, -0.2) is 30.8 Å². The van der Waals surface area contributed by atoms with Crippen molar-refractivity contribution in [2.24, 2.45) is 11.8 Å². The number of aromatic nitrogens is 6. The van der Waals surface area contributed by atoms with Crippen molar-refractivity contribution in [3.05, 3.63) is 48.2 Å². The van der Waals surface area contributed by atoms with Crippen molar-refractivity contribution >= 4 is 0 Å². The smallest absolute Gasteiger partial charge is 0.225 e. The molecule has 1 saturated carbocycles. The predicted octanol–water partition coefficient (Wildman–Crippen LogP) is 3.19. The Labute approximate surface area is 135 Å². The van der Waals surface area contributed by atoms with Gasteiger partial charge in [0.2, 0.25) is 5.82 Å². The summed E-state index contributed by atoms with van der Waals surface area (Å²) < 4.78 is 0. The Hall–Kier alpha value is -2.50. The summed E-state index contributed by atoms with van der Waals surface area (Å²) in [6.45, 7) is 7.65. The van der Waals surface area contributed by atoms with Crippen LogP contribution < -0.4 is 0 Å². The second-order valence-corrected chi connectivity index (χ2v) is 5.54. The van der Waals surface area contributed by atoms with Crippen molar-refractivity contribution in [3.8, 4) is 11.5 Å². The fourth-order valence-electron chi connectivity index (χ4n) is 3.47. The van der Waals surface area contributed by atoms with Crippen LogP contribution in [0.25, 0.3) is 11.5 Å². The van der Waals surface area contributed by atoms with Crippen LogP contribution in [0.2, 0.25) is 0 Å². The Bertz CT molecular complexity index is 710. The molecule has 1 fully saturated rings. The highest BCUT2D eigenvalue weighted by molar-refractivity contribution is 5.59. The van der Waals surface area contributed by atoms with Crippen molar-refractivity contribution in [3.63, 3.8) is 0 Å². The molecule has 0 aromatic carbocycles. The highest BCUT2D eigenvalue weighted by Crippen LogP contribution is 2.63. The van der Waals surface area contributed by atoms with Crippen LogP contribution in [0.1, 0.15) is 37.4 Å². The van der Waals surface area contributed by atoms with E-state index in [-0.39, 0.29) is 0 Å². The van der Waals surface area contributed by atoms with Gasteiger partial charge < -0.3 is 0 Å². The van der Waals surface area contributed by atoms with E-state index < -0.39 is 0 Å². The molecule has 0 saturated heterocycles. The monoisotopic (exact) mass is 310 g/mol. The van der Waals surface area contributed by atoms with Gasteiger partial charge in [-0.25, -0.2) is 0 Å². The molecule has 6 nitrogen and oxygen atoms in total. The molecule has 2 aromatic heterocycles. The summed E-state index contributed by atoms with van der Waals surface area (Å²) in [6.07, 6.45) is 12.3. The summed E-state index contributed by atoms with van der Waals surface area (Å²) >= 11 is 0. The summed E-state index contributed by atoms with van der Waals surface area (Å²) in [4.78, 5) is 0. The largest absolute Gasteiger partial charge is 0.281 e. The molecule has 2 heterocycles. The first-order chi connectivity index (χ1) is 11.4. The molecule has 0 radical (unpaired) electrons. The summed E-state index contributed by atoms with van der Waals surface area (Å²) in [5.74, 6) is 2.69. The number of aromatic amines is 2. The molecular weight excluding hydrogens is 288 g/mol. The van der Waals surface area contributed by atoms with E-state index in [2.05, 4.69) is 49.6 Å². The van der Waals surface area contributed by atoms with Crippen LogP contribution in [0.3, 0.4) is 0 Å². The zero-order valence-electron chi connectivity index (χ0n) is 13.5. The molecule has 0 spiro atoms. The molecule has 2 aromatic rings. The predicted molar refractivity (Wildman–Crippen MR) is 89.6 cm³/mol. The molecule has 0 amide bonds. The van der Waals surface area contributed by atoms with Crippen molar-refractivity contribution in [1.82, 2.24) is 30.8 Å². The number of nitrogens with one attached hydrogen (secondary N) is 2. The third-order valence-corrected chi connectivity index (χ3v) is 4.46. The molecule has 4 rings (SSSR count). The second kappa shape index (κ2) is 6.73. The summed E-state index contributed by atoms with van der Waals surface area (Å²) in [6, 6.07) is 0. The van der Waals surface area contributed by atoms with Crippen LogP contribution in [0.5, 0.6) is 0 Å². The van der Waals surface area contributed by atoms with Crippen molar-refractivity contribution in [1.29, 1.82) is 0 Å². The number of tetrazole rings is 1. The van der Waals surface area contributed by atoms with E-state index in [1.807, 2.05) is 26.0 Å². The zero-order valence-corrected chi connectivity index (χ0v) is 13.5. The normalized spacial score (nSPS) is 24.3. The van der Waals surface area contributed by atoms with Crippen LogP contribution in [0.4, 0.5) is 0 Å². The van der Waals surface area contributed by atoms with Crippen LogP contribution in [-0.2, 0) is 6.42 Å². The zero-order chi connectivity index (χ0) is 16.2. The number of hydrogen-bond acceptors (Lipinski definition) is 4. The third-order valence-electron chi connectivity index (χ3n) is 4.46. The SMILES string of the molecule is C=C/C=C\C=C\C[C@H]1C2Cc3c(-c4nn[nH]n4)n[nH]c3C21.CC. The molecule has 2 aliphatic rings. The van der Waals surface area contributed by atoms with E-state index >= 15 is 0 Å².